The maximum Gasteiger partial charge on any atom is 0.241 e. The Bertz CT molecular complexity index is 796. The molecule has 1 atom stereocenters. The summed E-state index contributed by atoms with van der Waals surface area (Å²) in [5, 5.41) is 4.05. The minimum atomic E-state index is -0.228. The lowest BCUT2D eigenvalue weighted by molar-refractivity contribution is 0.216. The second kappa shape index (κ2) is 6.93. The fourth-order valence-electron chi connectivity index (χ4n) is 2.49. The molecular formula is C19H20FN3O. The van der Waals surface area contributed by atoms with E-state index in [-0.39, 0.29) is 11.9 Å². The van der Waals surface area contributed by atoms with E-state index in [9.17, 15) is 4.39 Å². The fraction of sp³-hybridized carbons (Fsp3) is 0.263. The van der Waals surface area contributed by atoms with Crippen LogP contribution in [0.1, 0.15) is 30.0 Å². The van der Waals surface area contributed by atoms with Gasteiger partial charge >= 0.3 is 0 Å². The van der Waals surface area contributed by atoms with Crippen LogP contribution in [-0.2, 0) is 6.54 Å². The zero-order chi connectivity index (χ0) is 17.1. The van der Waals surface area contributed by atoms with Gasteiger partial charge in [-0.25, -0.2) is 4.39 Å². The SMILES string of the molecule is Cc1ccc(-c2noc(CN(C)C(C)c3ccc(F)cc3)n2)cc1. The lowest BCUT2D eigenvalue weighted by Crippen LogP contribution is -2.22. The topological polar surface area (TPSA) is 42.2 Å². The average Bonchev–Trinajstić information content (AvgIpc) is 3.04. The number of aryl methyl sites for hydroxylation is 1. The molecule has 0 spiro atoms. The molecule has 3 aromatic rings. The number of hydrogen-bond acceptors (Lipinski definition) is 4. The van der Waals surface area contributed by atoms with E-state index >= 15 is 0 Å². The van der Waals surface area contributed by atoms with Crippen molar-refractivity contribution in [2.75, 3.05) is 7.05 Å². The summed E-state index contributed by atoms with van der Waals surface area (Å²) in [5.74, 6) is 0.920. The van der Waals surface area contributed by atoms with Crippen molar-refractivity contribution in [3.05, 3.63) is 71.4 Å². The van der Waals surface area contributed by atoms with E-state index in [1.807, 2.05) is 38.2 Å². The van der Waals surface area contributed by atoms with Crippen LogP contribution in [0, 0.1) is 12.7 Å². The minimum Gasteiger partial charge on any atom is -0.338 e. The standard InChI is InChI=1S/C19H20FN3O/c1-13-4-6-16(7-5-13)19-21-18(24-22-19)12-23(3)14(2)15-8-10-17(20)11-9-15/h4-11,14H,12H2,1-3H3. The predicted molar refractivity (Wildman–Crippen MR) is 90.8 cm³/mol. The molecule has 0 N–H and O–H groups in total. The van der Waals surface area contributed by atoms with Gasteiger partial charge in [0.1, 0.15) is 5.82 Å². The Morgan fingerprint density at radius 3 is 2.42 bits per heavy atom. The summed E-state index contributed by atoms with van der Waals surface area (Å²) in [7, 11) is 1.98. The monoisotopic (exact) mass is 325 g/mol. The fourth-order valence-corrected chi connectivity index (χ4v) is 2.49. The molecule has 1 heterocycles. The smallest absolute Gasteiger partial charge is 0.241 e. The quantitative estimate of drug-likeness (QED) is 0.698. The van der Waals surface area contributed by atoms with Crippen LogP contribution in [0.5, 0.6) is 0 Å². The van der Waals surface area contributed by atoms with Gasteiger partial charge in [-0.1, -0.05) is 47.1 Å². The van der Waals surface area contributed by atoms with E-state index in [0.29, 0.717) is 18.3 Å². The highest BCUT2D eigenvalue weighted by Gasteiger charge is 2.16. The summed E-state index contributed by atoms with van der Waals surface area (Å²) >= 11 is 0. The van der Waals surface area contributed by atoms with E-state index < -0.39 is 0 Å². The highest BCUT2D eigenvalue weighted by Crippen LogP contribution is 2.22. The van der Waals surface area contributed by atoms with Crippen LogP contribution in [0.25, 0.3) is 11.4 Å². The Morgan fingerprint density at radius 2 is 1.75 bits per heavy atom. The highest BCUT2D eigenvalue weighted by atomic mass is 19.1. The van der Waals surface area contributed by atoms with Gasteiger partial charge in [0.25, 0.3) is 0 Å². The van der Waals surface area contributed by atoms with Crippen molar-refractivity contribution < 1.29 is 8.91 Å². The van der Waals surface area contributed by atoms with Crippen molar-refractivity contribution in [1.29, 1.82) is 0 Å². The molecule has 0 saturated heterocycles. The van der Waals surface area contributed by atoms with Crippen LogP contribution in [0.4, 0.5) is 4.39 Å². The van der Waals surface area contributed by atoms with Crippen LogP contribution >= 0.6 is 0 Å². The third-order valence-electron chi connectivity index (χ3n) is 4.18. The zero-order valence-corrected chi connectivity index (χ0v) is 14.0. The molecule has 5 heteroatoms. The third kappa shape index (κ3) is 3.68. The van der Waals surface area contributed by atoms with Gasteiger partial charge in [0.05, 0.1) is 6.54 Å². The number of benzene rings is 2. The first kappa shape index (κ1) is 16.3. The number of nitrogens with zero attached hydrogens (tertiary/aromatic N) is 3. The molecule has 1 aromatic heterocycles. The number of halogens is 1. The summed E-state index contributed by atoms with van der Waals surface area (Å²) < 4.78 is 18.4. The van der Waals surface area contributed by atoms with Crippen molar-refractivity contribution in [1.82, 2.24) is 15.0 Å². The lowest BCUT2D eigenvalue weighted by atomic mass is 10.1. The first-order chi connectivity index (χ1) is 11.5. The van der Waals surface area contributed by atoms with Crippen molar-refractivity contribution in [3.63, 3.8) is 0 Å². The van der Waals surface area contributed by atoms with Gasteiger partial charge in [-0.15, -0.1) is 0 Å². The van der Waals surface area contributed by atoms with Crippen molar-refractivity contribution in [2.24, 2.45) is 0 Å². The van der Waals surface area contributed by atoms with Crippen LogP contribution < -0.4 is 0 Å². The molecule has 1 unspecified atom stereocenters. The molecule has 0 fully saturated rings. The van der Waals surface area contributed by atoms with Crippen molar-refractivity contribution >= 4 is 0 Å². The molecule has 0 saturated carbocycles. The number of rotatable bonds is 5. The van der Waals surface area contributed by atoms with Gasteiger partial charge < -0.3 is 4.52 Å². The van der Waals surface area contributed by atoms with E-state index in [2.05, 4.69) is 22.0 Å². The van der Waals surface area contributed by atoms with E-state index in [4.69, 9.17) is 4.52 Å². The molecule has 0 aliphatic rings. The first-order valence-electron chi connectivity index (χ1n) is 7.88. The second-order valence-corrected chi connectivity index (χ2v) is 6.02. The molecule has 0 amide bonds. The van der Waals surface area contributed by atoms with Crippen LogP contribution in [-0.4, -0.2) is 22.1 Å². The molecule has 3 rings (SSSR count). The Labute approximate surface area is 140 Å². The summed E-state index contributed by atoms with van der Waals surface area (Å²) in [4.78, 5) is 6.54. The number of hydrogen-bond donors (Lipinski definition) is 0. The van der Waals surface area contributed by atoms with E-state index in [0.717, 1.165) is 11.1 Å². The van der Waals surface area contributed by atoms with Gasteiger partial charge in [-0.3, -0.25) is 4.90 Å². The van der Waals surface area contributed by atoms with Gasteiger partial charge in [-0.2, -0.15) is 4.98 Å². The molecular weight excluding hydrogens is 305 g/mol. The van der Waals surface area contributed by atoms with Crippen LogP contribution in [0.2, 0.25) is 0 Å². The molecule has 124 valence electrons. The average molecular weight is 325 g/mol. The highest BCUT2D eigenvalue weighted by molar-refractivity contribution is 5.54. The van der Waals surface area contributed by atoms with E-state index in [1.165, 1.54) is 17.7 Å². The van der Waals surface area contributed by atoms with Crippen molar-refractivity contribution in [3.8, 4) is 11.4 Å². The molecule has 0 radical (unpaired) electrons. The van der Waals surface area contributed by atoms with Gasteiger partial charge in [0, 0.05) is 11.6 Å². The van der Waals surface area contributed by atoms with Crippen molar-refractivity contribution in [2.45, 2.75) is 26.4 Å². The van der Waals surface area contributed by atoms with E-state index in [1.54, 1.807) is 12.1 Å². The molecule has 0 bridgehead atoms. The summed E-state index contributed by atoms with van der Waals surface area (Å²) in [5.41, 5.74) is 3.16. The summed E-state index contributed by atoms with van der Waals surface area (Å²) in [6, 6.07) is 14.7. The van der Waals surface area contributed by atoms with Crippen LogP contribution in [0.15, 0.2) is 53.1 Å². The van der Waals surface area contributed by atoms with Gasteiger partial charge in [0.15, 0.2) is 0 Å². The van der Waals surface area contributed by atoms with Crippen LogP contribution in [0.3, 0.4) is 0 Å². The molecule has 2 aromatic carbocycles. The Hall–Kier alpha value is -2.53. The Balaban J connectivity index is 1.69. The Morgan fingerprint density at radius 1 is 1.08 bits per heavy atom. The lowest BCUT2D eigenvalue weighted by Gasteiger charge is -2.23. The minimum absolute atomic E-state index is 0.111. The normalized spacial score (nSPS) is 12.5. The maximum absolute atomic E-state index is 13.0. The molecule has 0 aliphatic carbocycles. The molecule has 4 nitrogen and oxygen atoms in total. The largest absolute Gasteiger partial charge is 0.338 e. The number of aromatic nitrogens is 2. The zero-order valence-electron chi connectivity index (χ0n) is 14.0. The van der Waals surface area contributed by atoms with Gasteiger partial charge in [0.2, 0.25) is 11.7 Å². The molecule has 0 aliphatic heterocycles. The summed E-state index contributed by atoms with van der Waals surface area (Å²) in [6.07, 6.45) is 0. The Kier molecular flexibility index (Phi) is 4.71. The molecule has 24 heavy (non-hydrogen) atoms. The first-order valence-corrected chi connectivity index (χ1v) is 7.88. The van der Waals surface area contributed by atoms with Gasteiger partial charge in [-0.05, 0) is 38.6 Å². The third-order valence-corrected chi connectivity index (χ3v) is 4.18. The summed E-state index contributed by atoms with van der Waals surface area (Å²) in [6.45, 7) is 4.62. The maximum atomic E-state index is 13.0. The second-order valence-electron chi connectivity index (χ2n) is 6.02. The predicted octanol–water partition coefficient (Wildman–Crippen LogP) is 4.38.